The standard InChI is InChI=1S/C10H19N3O/c1-3-13-8-10(7-12-13)6-11-5-4-9(2)14/h7-9,11,14H,3-6H2,1-2H3. The Labute approximate surface area is 84.9 Å². The maximum atomic E-state index is 9.04. The van der Waals surface area contributed by atoms with Crippen LogP contribution < -0.4 is 5.32 Å². The second-order valence-corrected chi connectivity index (χ2v) is 3.52. The number of aromatic nitrogens is 2. The van der Waals surface area contributed by atoms with E-state index in [1.54, 1.807) is 6.92 Å². The van der Waals surface area contributed by atoms with E-state index in [1.165, 1.54) is 5.56 Å². The SMILES string of the molecule is CCn1cc(CNCCC(C)O)cn1. The average molecular weight is 197 g/mol. The molecule has 80 valence electrons. The Morgan fingerprint density at radius 1 is 1.64 bits per heavy atom. The molecule has 0 spiro atoms. The summed E-state index contributed by atoms with van der Waals surface area (Å²) >= 11 is 0. The van der Waals surface area contributed by atoms with Gasteiger partial charge in [-0.05, 0) is 26.8 Å². The Balaban J connectivity index is 2.18. The molecule has 4 heteroatoms. The first-order valence-electron chi connectivity index (χ1n) is 5.12. The van der Waals surface area contributed by atoms with Crippen molar-refractivity contribution in [2.24, 2.45) is 0 Å². The molecule has 1 aromatic rings. The van der Waals surface area contributed by atoms with E-state index in [-0.39, 0.29) is 6.10 Å². The van der Waals surface area contributed by atoms with Gasteiger partial charge < -0.3 is 10.4 Å². The number of aliphatic hydroxyl groups is 1. The summed E-state index contributed by atoms with van der Waals surface area (Å²) < 4.78 is 1.91. The lowest BCUT2D eigenvalue weighted by Gasteiger charge is -2.04. The minimum atomic E-state index is -0.221. The summed E-state index contributed by atoms with van der Waals surface area (Å²) in [5, 5.41) is 16.5. The first-order chi connectivity index (χ1) is 6.72. The van der Waals surface area contributed by atoms with Crippen LogP contribution in [0.3, 0.4) is 0 Å². The van der Waals surface area contributed by atoms with Gasteiger partial charge in [-0.25, -0.2) is 0 Å². The van der Waals surface area contributed by atoms with Gasteiger partial charge in [0.15, 0.2) is 0 Å². The highest BCUT2D eigenvalue weighted by molar-refractivity contribution is 5.02. The molecule has 0 aromatic carbocycles. The molecule has 0 saturated heterocycles. The lowest BCUT2D eigenvalue weighted by Crippen LogP contribution is -2.18. The summed E-state index contributed by atoms with van der Waals surface area (Å²) in [5.41, 5.74) is 1.19. The largest absolute Gasteiger partial charge is 0.393 e. The number of rotatable bonds is 6. The van der Waals surface area contributed by atoms with E-state index in [9.17, 15) is 0 Å². The van der Waals surface area contributed by atoms with E-state index in [4.69, 9.17) is 5.11 Å². The van der Waals surface area contributed by atoms with Crippen LogP contribution in [0.25, 0.3) is 0 Å². The van der Waals surface area contributed by atoms with Gasteiger partial charge >= 0.3 is 0 Å². The van der Waals surface area contributed by atoms with Gasteiger partial charge in [0.05, 0.1) is 12.3 Å². The highest BCUT2D eigenvalue weighted by atomic mass is 16.3. The van der Waals surface area contributed by atoms with Crippen LogP contribution in [0.5, 0.6) is 0 Å². The minimum Gasteiger partial charge on any atom is -0.393 e. The van der Waals surface area contributed by atoms with Crippen molar-refractivity contribution in [1.82, 2.24) is 15.1 Å². The summed E-state index contributed by atoms with van der Waals surface area (Å²) in [6, 6.07) is 0. The predicted octanol–water partition coefficient (Wildman–Crippen LogP) is 0.763. The van der Waals surface area contributed by atoms with Crippen LogP contribution in [-0.4, -0.2) is 27.5 Å². The summed E-state index contributed by atoms with van der Waals surface area (Å²) in [6.07, 6.45) is 4.48. The van der Waals surface area contributed by atoms with Crippen molar-refractivity contribution in [2.75, 3.05) is 6.54 Å². The third-order valence-electron chi connectivity index (χ3n) is 2.08. The third kappa shape index (κ3) is 3.89. The Hall–Kier alpha value is -0.870. The van der Waals surface area contributed by atoms with Gasteiger partial charge in [-0.3, -0.25) is 4.68 Å². The molecule has 2 N–H and O–H groups in total. The molecule has 0 amide bonds. The van der Waals surface area contributed by atoms with Crippen molar-refractivity contribution in [3.05, 3.63) is 18.0 Å². The van der Waals surface area contributed by atoms with Crippen LogP contribution in [0.2, 0.25) is 0 Å². The highest BCUT2D eigenvalue weighted by Gasteiger charge is 1.98. The van der Waals surface area contributed by atoms with Crippen LogP contribution in [-0.2, 0) is 13.1 Å². The number of nitrogens with one attached hydrogen (secondary N) is 1. The number of hydrogen-bond donors (Lipinski definition) is 2. The van der Waals surface area contributed by atoms with Crippen LogP contribution in [0, 0.1) is 0 Å². The van der Waals surface area contributed by atoms with Crippen molar-refractivity contribution in [2.45, 2.75) is 39.5 Å². The molecule has 0 aliphatic heterocycles. The van der Waals surface area contributed by atoms with Crippen LogP contribution in [0.4, 0.5) is 0 Å². The monoisotopic (exact) mass is 197 g/mol. The maximum absolute atomic E-state index is 9.04. The van der Waals surface area contributed by atoms with E-state index in [1.807, 2.05) is 17.1 Å². The first-order valence-corrected chi connectivity index (χ1v) is 5.12. The smallest absolute Gasteiger partial charge is 0.0534 e. The molecule has 1 aromatic heterocycles. The van der Waals surface area contributed by atoms with Crippen LogP contribution in [0.15, 0.2) is 12.4 Å². The van der Waals surface area contributed by atoms with E-state index < -0.39 is 0 Å². The molecule has 1 atom stereocenters. The maximum Gasteiger partial charge on any atom is 0.0534 e. The fourth-order valence-corrected chi connectivity index (χ4v) is 1.21. The Morgan fingerprint density at radius 3 is 3.00 bits per heavy atom. The summed E-state index contributed by atoms with van der Waals surface area (Å²) in [6.45, 7) is 6.45. The van der Waals surface area contributed by atoms with E-state index >= 15 is 0 Å². The van der Waals surface area contributed by atoms with Gasteiger partial charge in [-0.1, -0.05) is 0 Å². The van der Waals surface area contributed by atoms with E-state index in [0.717, 1.165) is 26.1 Å². The quantitative estimate of drug-likeness (QED) is 0.662. The van der Waals surface area contributed by atoms with E-state index in [2.05, 4.69) is 17.3 Å². The molecule has 14 heavy (non-hydrogen) atoms. The van der Waals surface area contributed by atoms with Crippen molar-refractivity contribution >= 4 is 0 Å². The minimum absolute atomic E-state index is 0.221. The fourth-order valence-electron chi connectivity index (χ4n) is 1.21. The number of hydrogen-bond acceptors (Lipinski definition) is 3. The Bertz CT molecular complexity index is 258. The molecule has 0 bridgehead atoms. The lowest BCUT2D eigenvalue weighted by molar-refractivity contribution is 0.183. The van der Waals surface area contributed by atoms with Gasteiger partial charge in [0.2, 0.25) is 0 Å². The number of nitrogens with zero attached hydrogens (tertiary/aromatic N) is 2. The van der Waals surface area contributed by atoms with Crippen LogP contribution >= 0.6 is 0 Å². The molecule has 4 nitrogen and oxygen atoms in total. The van der Waals surface area contributed by atoms with Gasteiger partial charge in [0.1, 0.15) is 0 Å². The number of aryl methyl sites for hydroxylation is 1. The molecular weight excluding hydrogens is 178 g/mol. The molecular formula is C10H19N3O. The Kier molecular flexibility index (Phi) is 4.62. The first kappa shape index (κ1) is 11.2. The summed E-state index contributed by atoms with van der Waals surface area (Å²) in [5.74, 6) is 0. The predicted molar refractivity (Wildman–Crippen MR) is 55.9 cm³/mol. The highest BCUT2D eigenvalue weighted by Crippen LogP contribution is 1.97. The van der Waals surface area contributed by atoms with Crippen LogP contribution in [0.1, 0.15) is 25.8 Å². The van der Waals surface area contributed by atoms with Gasteiger partial charge in [-0.15, -0.1) is 0 Å². The second kappa shape index (κ2) is 5.78. The van der Waals surface area contributed by atoms with E-state index in [0.29, 0.717) is 0 Å². The fraction of sp³-hybridized carbons (Fsp3) is 0.700. The van der Waals surface area contributed by atoms with Gasteiger partial charge in [0, 0.05) is 24.8 Å². The normalized spacial score (nSPS) is 13.1. The zero-order chi connectivity index (χ0) is 10.4. The Morgan fingerprint density at radius 2 is 2.43 bits per heavy atom. The summed E-state index contributed by atoms with van der Waals surface area (Å²) in [4.78, 5) is 0. The van der Waals surface area contributed by atoms with Crippen molar-refractivity contribution in [1.29, 1.82) is 0 Å². The topological polar surface area (TPSA) is 50.1 Å². The lowest BCUT2D eigenvalue weighted by atomic mass is 10.3. The van der Waals surface area contributed by atoms with Crippen molar-refractivity contribution in [3.63, 3.8) is 0 Å². The molecule has 1 rings (SSSR count). The molecule has 0 aliphatic carbocycles. The second-order valence-electron chi connectivity index (χ2n) is 3.52. The molecule has 0 fully saturated rings. The zero-order valence-corrected chi connectivity index (χ0v) is 8.90. The number of aliphatic hydroxyl groups excluding tert-OH is 1. The van der Waals surface area contributed by atoms with Crippen molar-refractivity contribution < 1.29 is 5.11 Å². The molecule has 1 unspecified atom stereocenters. The average Bonchev–Trinajstić information content (AvgIpc) is 2.60. The van der Waals surface area contributed by atoms with Gasteiger partial charge in [0.25, 0.3) is 0 Å². The molecule has 0 aliphatic rings. The molecule has 1 heterocycles. The summed E-state index contributed by atoms with van der Waals surface area (Å²) in [7, 11) is 0. The molecule has 0 radical (unpaired) electrons. The van der Waals surface area contributed by atoms with Gasteiger partial charge in [-0.2, -0.15) is 5.10 Å². The van der Waals surface area contributed by atoms with Crippen molar-refractivity contribution in [3.8, 4) is 0 Å². The zero-order valence-electron chi connectivity index (χ0n) is 8.90. The molecule has 0 saturated carbocycles. The third-order valence-corrected chi connectivity index (χ3v) is 2.08.